The average Bonchev–Trinajstić information content (AvgIpc) is 2.69. The Hall–Kier alpha value is -0.914. The normalized spacial score (nSPS) is 31.0. The first-order valence-electron chi connectivity index (χ1n) is 4.58. The smallest absolute Gasteiger partial charge is 1.00 e. The predicted molar refractivity (Wildman–Crippen MR) is 47.3 cm³/mol. The molecule has 0 atom stereocenters. The molecule has 0 aromatic carbocycles. The van der Waals surface area contributed by atoms with Crippen LogP contribution in [0, 0.1) is 0 Å². The first-order chi connectivity index (χ1) is 8.65. The van der Waals surface area contributed by atoms with Gasteiger partial charge in [-0.15, -0.1) is 0 Å². The molecule has 0 amide bonds. The van der Waals surface area contributed by atoms with Crippen molar-refractivity contribution in [3.63, 3.8) is 0 Å². The third-order valence-electron chi connectivity index (χ3n) is 2.51. The molecule has 11 nitrogen and oxygen atoms in total. The van der Waals surface area contributed by atoms with Gasteiger partial charge in [-0.2, -0.15) is 0 Å². The monoisotopic (exact) mass is 332 g/mol. The van der Waals surface area contributed by atoms with E-state index in [2.05, 4.69) is 22.6 Å². The minimum atomic E-state index is -6.58. The van der Waals surface area contributed by atoms with E-state index < -0.39 is 48.9 Å². The number of rotatable bonds is 0. The molecule has 0 bridgehead atoms. The van der Waals surface area contributed by atoms with Crippen molar-refractivity contribution < 1.29 is 103 Å². The van der Waals surface area contributed by atoms with Gasteiger partial charge in [0, 0.05) is 0 Å². The second-order valence-electron chi connectivity index (χ2n) is 3.87. The third kappa shape index (κ3) is 1.57. The van der Waals surface area contributed by atoms with Gasteiger partial charge in [-0.25, -0.2) is 0 Å². The number of Topliss-reactive ketones (excluding diaryl/α,β-unsaturated/α-hetero) is 1. The molecule has 3 saturated heterocycles. The van der Waals surface area contributed by atoms with Crippen LogP contribution in [0.5, 0.6) is 0 Å². The Labute approximate surface area is 150 Å². The quantitative estimate of drug-likeness (QED) is 0.238. The SMILES string of the molecule is O=C1C[P-]23(OC1=O)(OC(=O)C(=O)O2)OC(=O)C(=O)O3.[K+]. The van der Waals surface area contributed by atoms with Gasteiger partial charge in [0.15, 0.2) is 0 Å². The molecule has 3 aliphatic rings. The second kappa shape index (κ2) is 3.64. The van der Waals surface area contributed by atoms with Gasteiger partial charge in [0.25, 0.3) is 0 Å². The number of ketones is 1. The summed E-state index contributed by atoms with van der Waals surface area (Å²) in [4.78, 5) is 67.2. The van der Waals surface area contributed by atoms with Crippen molar-refractivity contribution in [1.29, 1.82) is 0 Å². The van der Waals surface area contributed by atoms with E-state index in [-0.39, 0.29) is 51.4 Å². The van der Waals surface area contributed by atoms with E-state index in [1.165, 1.54) is 0 Å². The van der Waals surface area contributed by atoms with Crippen LogP contribution in [0.3, 0.4) is 0 Å². The molecule has 1 spiro atoms. The van der Waals surface area contributed by atoms with Crippen molar-refractivity contribution in [1.82, 2.24) is 0 Å². The maximum Gasteiger partial charge on any atom is 1.00 e. The van der Waals surface area contributed by atoms with Gasteiger partial charge in [0.2, 0.25) is 0 Å². The van der Waals surface area contributed by atoms with E-state index in [0.29, 0.717) is 0 Å². The molecule has 20 heavy (non-hydrogen) atoms. The van der Waals surface area contributed by atoms with Gasteiger partial charge in [0.05, 0.1) is 0 Å². The molecule has 0 unspecified atom stereocenters. The largest absolute Gasteiger partial charge is 1.00 e. The molecule has 13 heteroatoms. The van der Waals surface area contributed by atoms with Crippen LogP contribution in [-0.2, 0) is 51.4 Å². The number of carbonyl (C=O) groups excluding carboxylic acids is 6. The number of hydrogen-bond donors (Lipinski definition) is 0. The summed E-state index contributed by atoms with van der Waals surface area (Å²) in [6.45, 7) is 0. The number of carbonyl (C=O) groups is 6. The van der Waals surface area contributed by atoms with Crippen LogP contribution in [0.15, 0.2) is 0 Å². The molecule has 0 aromatic rings. The van der Waals surface area contributed by atoms with E-state index in [9.17, 15) is 28.8 Å². The fourth-order valence-corrected chi connectivity index (χ4v) is 5.63. The Morgan fingerprint density at radius 3 is 1.15 bits per heavy atom. The summed E-state index contributed by atoms with van der Waals surface area (Å²) in [7, 11) is -6.58. The van der Waals surface area contributed by atoms with Gasteiger partial charge in [-0.05, 0) is 0 Å². The van der Waals surface area contributed by atoms with Crippen molar-refractivity contribution in [3.8, 4) is 0 Å². The topological polar surface area (TPSA) is 149 Å². The summed E-state index contributed by atoms with van der Waals surface area (Å²) in [6.07, 6.45) is -1.31. The molecule has 102 valence electrons. The summed E-state index contributed by atoms with van der Waals surface area (Å²) < 4.78 is 22.1. The summed E-state index contributed by atoms with van der Waals surface area (Å²) in [5, 5.41) is 0. The first kappa shape index (κ1) is 15.5. The van der Waals surface area contributed by atoms with Crippen molar-refractivity contribution >= 4 is 42.7 Å². The fraction of sp³-hybridized carbons (Fsp3) is 0.143. The van der Waals surface area contributed by atoms with Gasteiger partial charge < -0.3 is 0 Å². The van der Waals surface area contributed by atoms with Gasteiger partial charge in [-0.1, -0.05) is 0 Å². The zero-order valence-electron chi connectivity index (χ0n) is 9.65. The molecular formula is C7H2KO11P. The Bertz CT molecular complexity index is 503. The van der Waals surface area contributed by atoms with Crippen LogP contribution < -0.4 is 51.4 Å². The van der Waals surface area contributed by atoms with Crippen molar-refractivity contribution in [3.05, 3.63) is 0 Å². The summed E-state index contributed by atoms with van der Waals surface area (Å²) in [5.74, 6) is -9.86. The standard InChI is InChI=1S/C7H2O11P.K/c8-2-1-19(14-3(2)9,15-4(10)5(11)16-19)17-6(12)7(13)18-19;/h1H2;/q-1;+1. The maximum absolute atomic E-state index is 11.3. The molecular weight excluding hydrogens is 330 g/mol. The zero-order chi connectivity index (χ0) is 14.1. The zero-order valence-corrected chi connectivity index (χ0v) is 13.7. The van der Waals surface area contributed by atoms with Gasteiger partial charge in [-0.3, -0.25) is 0 Å². The second-order valence-corrected chi connectivity index (χ2v) is 7.88. The first-order valence-corrected chi connectivity index (χ1v) is 7.04. The Morgan fingerprint density at radius 2 is 0.900 bits per heavy atom. The minimum Gasteiger partial charge on any atom is 1.00 e. The molecule has 0 aliphatic carbocycles. The molecule has 3 heterocycles. The van der Waals surface area contributed by atoms with Crippen molar-refractivity contribution in [2.75, 3.05) is 6.16 Å². The van der Waals surface area contributed by atoms with Crippen molar-refractivity contribution in [2.45, 2.75) is 0 Å². The van der Waals surface area contributed by atoms with Crippen LogP contribution in [0.2, 0.25) is 0 Å². The van der Waals surface area contributed by atoms with Crippen LogP contribution in [-0.4, -0.2) is 41.8 Å². The minimum absolute atomic E-state index is 0. The molecule has 3 fully saturated rings. The van der Waals surface area contributed by atoms with E-state index in [1.54, 1.807) is 0 Å². The maximum atomic E-state index is 11.3. The van der Waals surface area contributed by atoms with Gasteiger partial charge >= 0.3 is 152 Å². The molecule has 3 rings (SSSR count). The Kier molecular flexibility index (Phi) is 2.82. The van der Waals surface area contributed by atoms with Crippen LogP contribution in [0.1, 0.15) is 0 Å². The Balaban J connectivity index is 0.00000147. The predicted octanol–water partition coefficient (Wildman–Crippen LogP) is -5.02. The third-order valence-corrected chi connectivity index (χ3v) is 6.41. The Morgan fingerprint density at radius 1 is 0.600 bits per heavy atom. The van der Waals surface area contributed by atoms with E-state index in [1.807, 2.05) is 0 Å². The molecule has 0 radical (unpaired) electrons. The fourth-order valence-electron chi connectivity index (χ4n) is 1.88. The van der Waals surface area contributed by atoms with Crippen LogP contribution >= 0.6 is 7.08 Å². The van der Waals surface area contributed by atoms with E-state index in [0.717, 1.165) is 0 Å². The van der Waals surface area contributed by atoms with E-state index >= 15 is 0 Å². The van der Waals surface area contributed by atoms with Crippen LogP contribution in [0.4, 0.5) is 0 Å². The van der Waals surface area contributed by atoms with Crippen LogP contribution in [0.25, 0.3) is 0 Å². The molecule has 0 aromatic heterocycles. The summed E-state index contributed by atoms with van der Waals surface area (Å²) >= 11 is 0. The number of hydrogen-bond acceptors (Lipinski definition) is 11. The molecule has 3 aliphatic heterocycles. The molecule has 0 saturated carbocycles. The van der Waals surface area contributed by atoms with Gasteiger partial charge in [0.1, 0.15) is 0 Å². The average molecular weight is 332 g/mol. The molecule has 0 N–H and O–H groups in total. The van der Waals surface area contributed by atoms with E-state index in [4.69, 9.17) is 0 Å². The van der Waals surface area contributed by atoms with Crippen molar-refractivity contribution in [2.24, 2.45) is 0 Å². The summed E-state index contributed by atoms with van der Waals surface area (Å²) in [5.41, 5.74) is 0. The summed E-state index contributed by atoms with van der Waals surface area (Å²) in [6, 6.07) is 0.